The average Bonchev–Trinajstić information content (AvgIpc) is 2.90. The summed E-state index contributed by atoms with van der Waals surface area (Å²) in [6.45, 7) is 0. The summed E-state index contributed by atoms with van der Waals surface area (Å²) in [5.74, 6) is 5.47. The van der Waals surface area contributed by atoms with E-state index in [1.54, 1.807) is 17.8 Å². The maximum atomic E-state index is 12.6. The lowest BCUT2D eigenvalue weighted by Crippen LogP contribution is -2.38. The lowest BCUT2D eigenvalue weighted by molar-refractivity contribution is -0.137. The van der Waals surface area contributed by atoms with Crippen LogP contribution in [0.3, 0.4) is 0 Å². The number of nitrogens with one attached hydrogen (secondary N) is 1. The van der Waals surface area contributed by atoms with Crippen LogP contribution in [0.2, 0.25) is 0 Å². The number of rotatable bonds is 5. The van der Waals surface area contributed by atoms with Gasteiger partial charge in [0.2, 0.25) is 0 Å². The van der Waals surface area contributed by atoms with Gasteiger partial charge in [-0.15, -0.1) is 11.3 Å². The molecule has 0 saturated carbocycles. The summed E-state index contributed by atoms with van der Waals surface area (Å²) in [6, 6.07) is 5.19. The van der Waals surface area contributed by atoms with Gasteiger partial charge in [0.05, 0.1) is 11.1 Å². The van der Waals surface area contributed by atoms with Crippen LogP contribution in [-0.4, -0.2) is 11.0 Å². The molecule has 0 amide bonds. The molecule has 1 aromatic carbocycles. The molecule has 0 aliphatic carbocycles. The largest absolute Gasteiger partial charge is 0.416 e. The molecule has 2 rings (SSSR count). The molecule has 1 heterocycles. The van der Waals surface area contributed by atoms with Crippen LogP contribution in [0.1, 0.15) is 16.0 Å². The number of thiazole rings is 1. The fourth-order valence-corrected chi connectivity index (χ4v) is 2.61. The average molecular weight is 301 g/mol. The molecule has 20 heavy (non-hydrogen) atoms. The fourth-order valence-electron chi connectivity index (χ4n) is 1.93. The lowest BCUT2D eigenvalue weighted by atomic mass is 10.0. The van der Waals surface area contributed by atoms with Crippen molar-refractivity contribution in [3.63, 3.8) is 0 Å². The van der Waals surface area contributed by atoms with E-state index in [4.69, 9.17) is 5.84 Å². The minimum atomic E-state index is -4.32. The summed E-state index contributed by atoms with van der Waals surface area (Å²) >= 11 is 1.50. The second-order valence-corrected chi connectivity index (χ2v) is 5.41. The molecule has 0 fully saturated rings. The molecule has 1 unspecified atom stereocenters. The zero-order valence-electron chi connectivity index (χ0n) is 10.5. The molecule has 1 aromatic heterocycles. The summed E-state index contributed by atoms with van der Waals surface area (Å²) in [4.78, 5) is 5.01. The molecular weight excluding hydrogens is 287 g/mol. The van der Waals surface area contributed by atoms with Crippen molar-refractivity contribution in [2.45, 2.75) is 25.1 Å². The number of hydrazine groups is 1. The number of nitrogens with zero attached hydrogens (tertiary/aromatic N) is 1. The third kappa shape index (κ3) is 4.03. The van der Waals surface area contributed by atoms with E-state index < -0.39 is 11.7 Å². The van der Waals surface area contributed by atoms with E-state index in [-0.39, 0.29) is 6.04 Å². The van der Waals surface area contributed by atoms with Gasteiger partial charge in [-0.05, 0) is 18.1 Å². The molecule has 0 spiro atoms. The van der Waals surface area contributed by atoms with Crippen LogP contribution in [-0.2, 0) is 19.0 Å². The first-order chi connectivity index (χ1) is 9.49. The minimum Gasteiger partial charge on any atom is -0.271 e. The highest BCUT2D eigenvalue weighted by atomic mass is 32.1. The molecular formula is C13H14F3N3S. The van der Waals surface area contributed by atoms with E-state index in [1.165, 1.54) is 17.4 Å². The van der Waals surface area contributed by atoms with Gasteiger partial charge in [-0.1, -0.05) is 18.2 Å². The summed E-state index contributed by atoms with van der Waals surface area (Å²) in [5, 5.41) is 0. The van der Waals surface area contributed by atoms with Crippen molar-refractivity contribution < 1.29 is 13.2 Å². The van der Waals surface area contributed by atoms with Gasteiger partial charge in [-0.3, -0.25) is 16.3 Å². The second-order valence-electron chi connectivity index (χ2n) is 4.44. The van der Waals surface area contributed by atoms with Crippen LogP contribution in [0, 0.1) is 0 Å². The number of halogens is 3. The first-order valence-electron chi connectivity index (χ1n) is 5.98. The van der Waals surface area contributed by atoms with Crippen molar-refractivity contribution in [3.05, 3.63) is 52.0 Å². The van der Waals surface area contributed by atoms with E-state index in [9.17, 15) is 13.2 Å². The first kappa shape index (κ1) is 15.0. The number of hydrogen-bond acceptors (Lipinski definition) is 4. The van der Waals surface area contributed by atoms with Gasteiger partial charge in [-0.25, -0.2) is 0 Å². The number of benzene rings is 1. The summed E-state index contributed by atoms with van der Waals surface area (Å²) in [6.07, 6.45) is -1.52. The third-order valence-electron chi connectivity index (χ3n) is 2.90. The smallest absolute Gasteiger partial charge is 0.271 e. The molecule has 108 valence electrons. The Morgan fingerprint density at radius 2 is 2.10 bits per heavy atom. The van der Waals surface area contributed by atoms with E-state index in [2.05, 4.69) is 10.4 Å². The van der Waals surface area contributed by atoms with E-state index in [0.717, 1.165) is 17.0 Å². The number of alkyl halides is 3. The van der Waals surface area contributed by atoms with Gasteiger partial charge in [-0.2, -0.15) is 13.2 Å². The highest BCUT2D eigenvalue weighted by Crippen LogP contribution is 2.29. The van der Waals surface area contributed by atoms with Crippen molar-refractivity contribution in [1.82, 2.24) is 10.4 Å². The second kappa shape index (κ2) is 6.34. The monoisotopic (exact) mass is 301 g/mol. The molecule has 1 atom stereocenters. The van der Waals surface area contributed by atoms with Crippen LogP contribution in [0.5, 0.6) is 0 Å². The Hall–Kier alpha value is -1.44. The molecule has 0 radical (unpaired) electrons. The van der Waals surface area contributed by atoms with Crippen LogP contribution in [0.4, 0.5) is 13.2 Å². The molecule has 3 N–H and O–H groups in total. The Bertz CT molecular complexity index is 540. The van der Waals surface area contributed by atoms with Crippen LogP contribution < -0.4 is 11.3 Å². The topological polar surface area (TPSA) is 50.9 Å². The van der Waals surface area contributed by atoms with Crippen LogP contribution in [0.25, 0.3) is 0 Å². The van der Waals surface area contributed by atoms with Crippen molar-refractivity contribution >= 4 is 11.3 Å². The fraction of sp³-hybridized carbons (Fsp3) is 0.308. The van der Waals surface area contributed by atoms with Crippen LogP contribution >= 0.6 is 11.3 Å². The predicted molar refractivity (Wildman–Crippen MR) is 72.1 cm³/mol. The lowest BCUT2D eigenvalue weighted by Gasteiger charge is -2.16. The zero-order chi connectivity index (χ0) is 14.6. The van der Waals surface area contributed by atoms with Crippen LogP contribution in [0.15, 0.2) is 36.0 Å². The molecule has 0 bridgehead atoms. The molecule has 0 saturated heterocycles. The number of hydrogen-bond donors (Lipinski definition) is 2. The van der Waals surface area contributed by atoms with Crippen molar-refractivity contribution in [2.24, 2.45) is 5.84 Å². The standard InChI is InChI=1S/C13H14F3N3S/c14-13(15,16)10-3-1-2-9(4-10)5-11(19-17)6-12-7-18-8-20-12/h1-4,7-8,11,19H,5-6,17H2. The molecule has 0 aliphatic heterocycles. The Morgan fingerprint density at radius 1 is 1.30 bits per heavy atom. The highest BCUT2D eigenvalue weighted by molar-refractivity contribution is 7.09. The quantitative estimate of drug-likeness (QED) is 0.659. The van der Waals surface area contributed by atoms with E-state index >= 15 is 0 Å². The van der Waals surface area contributed by atoms with Gasteiger partial charge in [0.25, 0.3) is 0 Å². The Balaban J connectivity index is 2.07. The first-order valence-corrected chi connectivity index (χ1v) is 6.86. The zero-order valence-corrected chi connectivity index (χ0v) is 11.3. The van der Waals surface area contributed by atoms with E-state index in [1.807, 2.05) is 0 Å². The SMILES string of the molecule is NNC(Cc1cccc(C(F)(F)F)c1)Cc1cncs1. The number of aromatic nitrogens is 1. The molecule has 3 nitrogen and oxygen atoms in total. The maximum absolute atomic E-state index is 12.6. The third-order valence-corrected chi connectivity index (χ3v) is 3.71. The summed E-state index contributed by atoms with van der Waals surface area (Å²) in [7, 11) is 0. The molecule has 2 aromatic rings. The Labute approximate surface area is 118 Å². The molecule has 0 aliphatic rings. The number of nitrogens with two attached hydrogens (primary N) is 1. The summed E-state index contributed by atoms with van der Waals surface area (Å²) < 4.78 is 37.9. The van der Waals surface area contributed by atoms with E-state index in [0.29, 0.717) is 18.4 Å². The normalized spacial score (nSPS) is 13.4. The molecule has 7 heteroatoms. The highest BCUT2D eigenvalue weighted by Gasteiger charge is 2.30. The van der Waals surface area contributed by atoms with Gasteiger partial charge in [0.1, 0.15) is 0 Å². The Kier molecular flexibility index (Phi) is 4.74. The van der Waals surface area contributed by atoms with Gasteiger partial charge in [0.15, 0.2) is 0 Å². The van der Waals surface area contributed by atoms with Crippen molar-refractivity contribution in [1.29, 1.82) is 0 Å². The maximum Gasteiger partial charge on any atom is 0.416 e. The van der Waals surface area contributed by atoms with Crippen molar-refractivity contribution in [3.8, 4) is 0 Å². The van der Waals surface area contributed by atoms with Gasteiger partial charge < -0.3 is 0 Å². The Morgan fingerprint density at radius 3 is 2.70 bits per heavy atom. The van der Waals surface area contributed by atoms with Crippen molar-refractivity contribution in [2.75, 3.05) is 0 Å². The predicted octanol–water partition coefficient (Wildman–Crippen LogP) is 2.78. The van der Waals surface area contributed by atoms with Gasteiger partial charge >= 0.3 is 6.18 Å². The minimum absolute atomic E-state index is 0.126. The summed E-state index contributed by atoms with van der Waals surface area (Å²) in [5.41, 5.74) is 4.33. The van der Waals surface area contributed by atoms with Gasteiger partial charge in [0, 0.05) is 23.5 Å².